The van der Waals surface area contributed by atoms with Gasteiger partial charge in [0.15, 0.2) is 11.6 Å². The maximum atomic E-state index is 14.1. The maximum Gasteiger partial charge on any atom is 0.255 e. The average Bonchev–Trinajstić information content (AvgIpc) is 3.54. The van der Waals surface area contributed by atoms with Crippen molar-refractivity contribution in [3.8, 4) is 6.07 Å². The van der Waals surface area contributed by atoms with E-state index < -0.39 is 5.82 Å². The Hall–Kier alpha value is -3.21. The summed E-state index contributed by atoms with van der Waals surface area (Å²) in [4.78, 5) is 21.0. The molecule has 0 aliphatic heterocycles. The Morgan fingerprint density at radius 3 is 2.55 bits per heavy atom. The molecule has 0 spiro atoms. The molecule has 0 unspecified atom stereocenters. The molecular formula is C21H23FN6O. The number of halogens is 1. The van der Waals surface area contributed by atoms with E-state index in [-0.39, 0.29) is 23.3 Å². The Bertz CT molecular complexity index is 947. The molecule has 7 nitrogen and oxygen atoms in total. The van der Waals surface area contributed by atoms with E-state index in [1.54, 1.807) is 6.07 Å². The Morgan fingerprint density at radius 2 is 1.86 bits per heavy atom. The topological polar surface area (TPSA) is 103 Å². The predicted octanol–water partition coefficient (Wildman–Crippen LogP) is 3.87. The molecule has 2 aliphatic carbocycles. The maximum absolute atomic E-state index is 14.1. The molecule has 2 heterocycles. The molecule has 4 rings (SSSR count). The van der Waals surface area contributed by atoms with Crippen LogP contribution >= 0.6 is 0 Å². The van der Waals surface area contributed by atoms with Gasteiger partial charge in [-0.05, 0) is 31.7 Å². The minimum atomic E-state index is -0.637. The van der Waals surface area contributed by atoms with E-state index >= 15 is 0 Å². The number of hydrogen-bond acceptors (Lipinski definition) is 6. The Kier molecular flexibility index (Phi) is 5.56. The quantitative estimate of drug-likeness (QED) is 0.687. The summed E-state index contributed by atoms with van der Waals surface area (Å²) in [6.07, 6.45) is 10.4. The summed E-state index contributed by atoms with van der Waals surface area (Å²) in [6, 6.07) is 5.22. The fraction of sp³-hybridized carbons (Fsp3) is 0.429. The van der Waals surface area contributed by atoms with Crippen LogP contribution in [0, 0.1) is 17.1 Å². The van der Waals surface area contributed by atoms with E-state index in [1.165, 1.54) is 18.8 Å². The van der Waals surface area contributed by atoms with E-state index in [9.17, 15) is 9.18 Å². The fourth-order valence-electron chi connectivity index (χ4n) is 3.49. The van der Waals surface area contributed by atoms with Gasteiger partial charge in [0.05, 0.1) is 16.8 Å². The van der Waals surface area contributed by atoms with Crippen LogP contribution in [0.3, 0.4) is 0 Å². The van der Waals surface area contributed by atoms with Crippen LogP contribution < -0.4 is 16.0 Å². The van der Waals surface area contributed by atoms with Crippen molar-refractivity contribution in [1.82, 2.24) is 15.3 Å². The van der Waals surface area contributed by atoms with E-state index in [0.717, 1.165) is 44.6 Å². The van der Waals surface area contributed by atoms with Gasteiger partial charge >= 0.3 is 0 Å². The normalized spacial score (nSPS) is 16.7. The summed E-state index contributed by atoms with van der Waals surface area (Å²) in [5, 5.41) is 18.1. The van der Waals surface area contributed by atoms with E-state index in [1.807, 2.05) is 6.07 Å². The number of nitriles is 1. The molecular weight excluding hydrogens is 371 g/mol. The van der Waals surface area contributed by atoms with E-state index in [4.69, 9.17) is 5.26 Å². The summed E-state index contributed by atoms with van der Waals surface area (Å²) < 4.78 is 14.1. The van der Waals surface area contributed by atoms with Crippen LogP contribution in [-0.2, 0) is 0 Å². The molecule has 8 heteroatoms. The van der Waals surface area contributed by atoms with Gasteiger partial charge in [-0.1, -0.05) is 19.3 Å². The van der Waals surface area contributed by atoms with Crippen molar-refractivity contribution >= 4 is 23.2 Å². The van der Waals surface area contributed by atoms with Gasteiger partial charge < -0.3 is 16.0 Å². The van der Waals surface area contributed by atoms with Crippen LogP contribution in [0.15, 0.2) is 24.5 Å². The van der Waals surface area contributed by atoms with Crippen LogP contribution in [0.1, 0.15) is 60.9 Å². The van der Waals surface area contributed by atoms with Crippen molar-refractivity contribution < 1.29 is 9.18 Å². The van der Waals surface area contributed by atoms with Gasteiger partial charge in [-0.25, -0.2) is 14.4 Å². The van der Waals surface area contributed by atoms with Crippen molar-refractivity contribution in [3.05, 3.63) is 41.5 Å². The molecule has 2 fully saturated rings. The zero-order valence-electron chi connectivity index (χ0n) is 16.0. The summed E-state index contributed by atoms with van der Waals surface area (Å²) in [5.41, 5.74) is 1.31. The van der Waals surface area contributed by atoms with Gasteiger partial charge in [-0.15, -0.1) is 0 Å². The number of nitrogens with zero attached hydrogens (tertiary/aromatic N) is 3. The van der Waals surface area contributed by atoms with Gasteiger partial charge in [-0.3, -0.25) is 4.79 Å². The lowest BCUT2D eigenvalue weighted by atomic mass is 9.95. The average molecular weight is 394 g/mol. The molecule has 0 atom stereocenters. The highest BCUT2D eigenvalue weighted by Crippen LogP contribution is 2.29. The summed E-state index contributed by atoms with van der Waals surface area (Å²) in [5.74, 6) is -0.421. The van der Waals surface area contributed by atoms with Crippen LogP contribution in [0.5, 0.6) is 0 Å². The summed E-state index contributed by atoms with van der Waals surface area (Å²) in [7, 11) is 0. The largest absolute Gasteiger partial charge is 0.382 e. The SMILES string of the molecule is N#Cc1cnc(Nc2cc(NC3CC3)c(C(=O)NC3CCCCC3)cn2)c(F)c1. The fourth-order valence-corrected chi connectivity index (χ4v) is 3.49. The molecule has 2 aromatic rings. The van der Waals surface area contributed by atoms with Crippen molar-refractivity contribution in [2.75, 3.05) is 10.6 Å². The second kappa shape index (κ2) is 8.43. The Morgan fingerprint density at radius 1 is 1.07 bits per heavy atom. The van der Waals surface area contributed by atoms with E-state index in [0.29, 0.717) is 23.1 Å². The first-order chi connectivity index (χ1) is 14.1. The summed E-state index contributed by atoms with van der Waals surface area (Å²) in [6.45, 7) is 0. The number of pyridine rings is 2. The molecule has 2 aliphatic rings. The van der Waals surface area contributed by atoms with Crippen LogP contribution in [0.4, 0.5) is 21.7 Å². The second-order valence-corrected chi connectivity index (χ2v) is 7.63. The molecule has 0 saturated heterocycles. The molecule has 0 radical (unpaired) electrons. The minimum Gasteiger partial charge on any atom is -0.382 e. The highest BCUT2D eigenvalue weighted by molar-refractivity contribution is 6.00. The number of aromatic nitrogens is 2. The van der Waals surface area contributed by atoms with Crippen LogP contribution in [-0.4, -0.2) is 28.0 Å². The predicted molar refractivity (Wildman–Crippen MR) is 107 cm³/mol. The van der Waals surface area contributed by atoms with Crippen molar-refractivity contribution in [1.29, 1.82) is 5.26 Å². The first-order valence-corrected chi connectivity index (χ1v) is 10.0. The molecule has 150 valence electrons. The standard InChI is InChI=1S/C21H23FN6O/c22-17-8-13(10-23)11-25-20(17)28-19-9-18(26-15-6-7-15)16(12-24-19)21(29)27-14-4-2-1-3-5-14/h8-9,11-12,14-15H,1-7H2,(H,27,29)(H2,24,25,26,28). The zero-order chi connectivity index (χ0) is 20.2. The highest BCUT2D eigenvalue weighted by Gasteiger charge is 2.25. The third-order valence-electron chi connectivity index (χ3n) is 5.24. The Balaban J connectivity index is 1.54. The molecule has 2 saturated carbocycles. The smallest absolute Gasteiger partial charge is 0.255 e. The number of hydrogen-bond donors (Lipinski definition) is 3. The van der Waals surface area contributed by atoms with E-state index in [2.05, 4.69) is 25.9 Å². The molecule has 29 heavy (non-hydrogen) atoms. The number of rotatable bonds is 6. The molecule has 2 aromatic heterocycles. The third kappa shape index (κ3) is 4.80. The van der Waals surface area contributed by atoms with Crippen molar-refractivity contribution in [3.63, 3.8) is 0 Å². The lowest BCUT2D eigenvalue weighted by Crippen LogP contribution is -2.36. The number of anilines is 3. The van der Waals surface area contributed by atoms with Gasteiger partial charge in [0.1, 0.15) is 11.9 Å². The number of carbonyl (C=O) groups excluding carboxylic acids is 1. The second-order valence-electron chi connectivity index (χ2n) is 7.63. The molecule has 0 bridgehead atoms. The van der Waals surface area contributed by atoms with Crippen molar-refractivity contribution in [2.45, 2.75) is 57.0 Å². The first-order valence-electron chi connectivity index (χ1n) is 10.0. The monoisotopic (exact) mass is 394 g/mol. The highest BCUT2D eigenvalue weighted by atomic mass is 19.1. The van der Waals surface area contributed by atoms with Gasteiger partial charge in [0.2, 0.25) is 0 Å². The lowest BCUT2D eigenvalue weighted by molar-refractivity contribution is 0.0928. The lowest BCUT2D eigenvalue weighted by Gasteiger charge is -2.23. The zero-order valence-corrected chi connectivity index (χ0v) is 16.0. The summed E-state index contributed by atoms with van der Waals surface area (Å²) >= 11 is 0. The molecule has 0 aromatic carbocycles. The number of carbonyl (C=O) groups is 1. The van der Waals surface area contributed by atoms with Crippen LogP contribution in [0.2, 0.25) is 0 Å². The molecule has 3 N–H and O–H groups in total. The van der Waals surface area contributed by atoms with Gasteiger partial charge in [0, 0.05) is 30.5 Å². The number of amides is 1. The minimum absolute atomic E-state index is 0.0201. The van der Waals surface area contributed by atoms with Gasteiger partial charge in [0.25, 0.3) is 5.91 Å². The first kappa shape index (κ1) is 19.1. The Labute approximate surface area is 168 Å². The van der Waals surface area contributed by atoms with Gasteiger partial charge in [-0.2, -0.15) is 5.26 Å². The third-order valence-corrected chi connectivity index (χ3v) is 5.24. The number of nitrogens with one attached hydrogen (secondary N) is 3. The van der Waals surface area contributed by atoms with Crippen LogP contribution in [0.25, 0.3) is 0 Å². The van der Waals surface area contributed by atoms with Crippen molar-refractivity contribution in [2.24, 2.45) is 0 Å². The molecule has 1 amide bonds.